The maximum absolute atomic E-state index is 13.7. The lowest BCUT2D eigenvalue weighted by atomic mass is 9.71. The molecule has 1 saturated carbocycles. The van der Waals surface area contributed by atoms with Crippen LogP contribution in [0.5, 0.6) is 0 Å². The van der Waals surface area contributed by atoms with Crippen molar-refractivity contribution < 1.29 is 13.6 Å². The van der Waals surface area contributed by atoms with E-state index < -0.39 is 17.3 Å². The van der Waals surface area contributed by atoms with Gasteiger partial charge in [-0.2, -0.15) is 0 Å². The Balaban J connectivity index is 1.86. The topological polar surface area (TPSA) is 29.1 Å². The molecule has 21 heavy (non-hydrogen) atoms. The summed E-state index contributed by atoms with van der Waals surface area (Å²) in [5.74, 6) is -1.28. The number of halogens is 2. The second-order valence-corrected chi connectivity index (χ2v) is 5.38. The second-order valence-electron chi connectivity index (χ2n) is 5.38. The lowest BCUT2D eigenvalue weighted by Crippen LogP contribution is -2.50. The lowest BCUT2D eigenvalue weighted by Gasteiger charge is -2.43. The van der Waals surface area contributed by atoms with E-state index in [1.54, 1.807) is 24.3 Å². The molecule has 2 aromatic rings. The zero-order valence-electron chi connectivity index (χ0n) is 11.4. The van der Waals surface area contributed by atoms with Gasteiger partial charge in [0.05, 0.1) is 11.1 Å². The molecule has 4 heteroatoms. The van der Waals surface area contributed by atoms with Crippen molar-refractivity contribution in [3.63, 3.8) is 0 Å². The van der Waals surface area contributed by atoms with Crippen LogP contribution in [0.1, 0.15) is 35.2 Å². The molecule has 1 aliphatic carbocycles. The largest absolute Gasteiger partial charge is 0.342 e. The first-order valence-electron chi connectivity index (χ1n) is 6.94. The smallest absolute Gasteiger partial charge is 0.254 e. The first kappa shape index (κ1) is 13.7. The molecule has 0 aromatic heterocycles. The van der Waals surface area contributed by atoms with Crippen molar-refractivity contribution >= 4 is 5.91 Å². The molecule has 0 heterocycles. The Hall–Kier alpha value is -2.23. The molecule has 1 aliphatic rings. The molecule has 3 rings (SSSR count). The number of carbonyl (C=O) groups is 1. The molecule has 0 radical (unpaired) electrons. The van der Waals surface area contributed by atoms with Gasteiger partial charge in [0, 0.05) is 0 Å². The summed E-state index contributed by atoms with van der Waals surface area (Å²) in [6, 6.07) is 12.0. The highest BCUT2D eigenvalue weighted by Crippen LogP contribution is 2.41. The Bertz CT molecular complexity index is 663. The van der Waals surface area contributed by atoms with Gasteiger partial charge >= 0.3 is 0 Å². The van der Waals surface area contributed by atoms with Crippen molar-refractivity contribution in [1.82, 2.24) is 5.32 Å². The summed E-state index contributed by atoms with van der Waals surface area (Å²) in [6.45, 7) is 0. The van der Waals surface area contributed by atoms with Gasteiger partial charge < -0.3 is 5.32 Å². The molecule has 0 atom stereocenters. The number of nitrogens with one attached hydrogen (secondary N) is 1. The average molecular weight is 287 g/mol. The fourth-order valence-electron chi connectivity index (χ4n) is 2.72. The molecule has 108 valence electrons. The van der Waals surface area contributed by atoms with Gasteiger partial charge in [-0.1, -0.05) is 24.3 Å². The number of amides is 1. The van der Waals surface area contributed by atoms with E-state index in [1.165, 1.54) is 24.3 Å². The SMILES string of the molecule is O=C(NC1(c2ccc(F)cc2)CCC1)c1ccccc1F. The van der Waals surface area contributed by atoms with E-state index in [0.29, 0.717) is 0 Å². The Morgan fingerprint density at radius 3 is 2.24 bits per heavy atom. The fourth-order valence-corrected chi connectivity index (χ4v) is 2.72. The van der Waals surface area contributed by atoms with Gasteiger partial charge in [0.2, 0.25) is 0 Å². The van der Waals surface area contributed by atoms with Crippen LogP contribution in [-0.4, -0.2) is 5.91 Å². The molecule has 1 N–H and O–H groups in total. The third-order valence-corrected chi connectivity index (χ3v) is 4.08. The Kier molecular flexibility index (Phi) is 3.45. The molecule has 0 saturated heterocycles. The number of rotatable bonds is 3. The van der Waals surface area contributed by atoms with E-state index in [0.717, 1.165) is 24.8 Å². The van der Waals surface area contributed by atoms with E-state index in [-0.39, 0.29) is 11.4 Å². The van der Waals surface area contributed by atoms with Gasteiger partial charge in [-0.15, -0.1) is 0 Å². The third kappa shape index (κ3) is 2.53. The third-order valence-electron chi connectivity index (χ3n) is 4.08. The van der Waals surface area contributed by atoms with E-state index in [4.69, 9.17) is 0 Å². The van der Waals surface area contributed by atoms with Crippen molar-refractivity contribution in [2.75, 3.05) is 0 Å². The zero-order valence-corrected chi connectivity index (χ0v) is 11.4. The van der Waals surface area contributed by atoms with Crippen molar-refractivity contribution in [1.29, 1.82) is 0 Å². The molecule has 1 fully saturated rings. The van der Waals surface area contributed by atoms with E-state index in [2.05, 4.69) is 5.32 Å². The number of hydrogen-bond donors (Lipinski definition) is 1. The van der Waals surface area contributed by atoms with E-state index >= 15 is 0 Å². The maximum Gasteiger partial charge on any atom is 0.254 e. The molecule has 2 nitrogen and oxygen atoms in total. The summed E-state index contributed by atoms with van der Waals surface area (Å²) in [7, 11) is 0. The van der Waals surface area contributed by atoms with Crippen LogP contribution in [0.4, 0.5) is 8.78 Å². The summed E-state index contributed by atoms with van der Waals surface area (Å²) in [5, 5.41) is 2.92. The van der Waals surface area contributed by atoms with Crippen LogP contribution in [0.3, 0.4) is 0 Å². The number of benzene rings is 2. The molecule has 0 bridgehead atoms. The van der Waals surface area contributed by atoms with E-state index in [1.807, 2.05) is 0 Å². The summed E-state index contributed by atoms with van der Waals surface area (Å²) in [5.41, 5.74) is 0.387. The molecular weight excluding hydrogens is 272 g/mol. The molecule has 2 aromatic carbocycles. The monoisotopic (exact) mass is 287 g/mol. The van der Waals surface area contributed by atoms with Gasteiger partial charge in [0.15, 0.2) is 0 Å². The molecule has 0 spiro atoms. The van der Waals surface area contributed by atoms with Gasteiger partial charge in [0.1, 0.15) is 11.6 Å². The lowest BCUT2D eigenvalue weighted by molar-refractivity contribution is 0.0819. The van der Waals surface area contributed by atoms with Crippen LogP contribution in [0.15, 0.2) is 48.5 Å². The first-order chi connectivity index (χ1) is 10.1. The minimum Gasteiger partial charge on any atom is -0.342 e. The zero-order chi connectivity index (χ0) is 14.9. The normalized spacial score (nSPS) is 16.1. The molecule has 1 amide bonds. The highest BCUT2D eigenvalue weighted by molar-refractivity contribution is 5.95. The van der Waals surface area contributed by atoms with Crippen LogP contribution in [0, 0.1) is 11.6 Å². The van der Waals surface area contributed by atoms with Crippen LogP contribution >= 0.6 is 0 Å². The van der Waals surface area contributed by atoms with Gasteiger partial charge in [-0.05, 0) is 49.1 Å². The van der Waals surface area contributed by atoms with Crippen LogP contribution in [-0.2, 0) is 5.54 Å². The highest BCUT2D eigenvalue weighted by atomic mass is 19.1. The average Bonchev–Trinajstić information content (AvgIpc) is 2.44. The standard InChI is InChI=1S/C17H15F2NO/c18-13-8-6-12(7-9-13)17(10-3-11-17)20-16(21)14-4-1-2-5-15(14)19/h1-2,4-9H,3,10-11H2,(H,20,21). The predicted octanol–water partition coefficient (Wildman–Crippen LogP) is 3.77. The summed E-state index contributed by atoms with van der Waals surface area (Å²) in [4.78, 5) is 12.3. The molecule has 0 unspecified atom stereocenters. The molecule has 0 aliphatic heterocycles. The second kappa shape index (κ2) is 5.28. The Morgan fingerprint density at radius 1 is 1.00 bits per heavy atom. The fraction of sp³-hybridized carbons (Fsp3) is 0.235. The van der Waals surface area contributed by atoms with Crippen molar-refractivity contribution in [2.24, 2.45) is 0 Å². The summed E-state index contributed by atoms with van der Waals surface area (Å²) in [6.07, 6.45) is 2.53. The number of carbonyl (C=O) groups excluding carboxylic acids is 1. The van der Waals surface area contributed by atoms with Crippen molar-refractivity contribution in [2.45, 2.75) is 24.8 Å². The van der Waals surface area contributed by atoms with Gasteiger partial charge in [-0.25, -0.2) is 8.78 Å². The predicted molar refractivity (Wildman–Crippen MR) is 75.8 cm³/mol. The first-order valence-corrected chi connectivity index (χ1v) is 6.94. The van der Waals surface area contributed by atoms with Gasteiger partial charge in [-0.3, -0.25) is 4.79 Å². The van der Waals surface area contributed by atoms with E-state index in [9.17, 15) is 13.6 Å². The summed E-state index contributed by atoms with van der Waals surface area (Å²) >= 11 is 0. The Labute approximate surface area is 121 Å². The van der Waals surface area contributed by atoms with Crippen LogP contribution < -0.4 is 5.32 Å². The van der Waals surface area contributed by atoms with Crippen LogP contribution in [0.25, 0.3) is 0 Å². The minimum absolute atomic E-state index is 0.0332. The van der Waals surface area contributed by atoms with Crippen molar-refractivity contribution in [3.8, 4) is 0 Å². The Morgan fingerprint density at radius 2 is 1.67 bits per heavy atom. The minimum atomic E-state index is -0.538. The highest BCUT2D eigenvalue weighted by Gasteiger charge is 2.40. The molecular formula is C17H15F2NO. The quantitative estimate of drug-likeness (QED) is 0.914. The van der Waals surface area contributed by atoms with Crippen molar-refractivity contribution in [3.05, 3.63) is 71.3 Å². The number of hydrogen-bond acceptors (Lipinski definition) is 1. The van der Waals surface area contributed by atoms with Crippen LogP contribution in [0.2, 0.25) is 0 Å². The van der Waals surface area contributed by atoms with Gasteiger partial charge in [0.25, 0.3) is 5.91 Å². The summed E-state index contributed by atoms with van der Waals surface area (Å²) < 4.78 is 26.7. The maximum atomic E-state index is 13.7.